The first-order chi connectivity index (χ1) is 12.9. The molecule has 2 rings (SSSR count). The van der Waals surface area contributed by atoms with Crippen LogP contribution >= 0.6 is 0 Å². The molecular weight excluding hydrogens is 342 g/mol. The van der Waals surface area contributed by atoms with Crippen molar-refractivity contribution >= 4 is 11.9 Å². The zero-order valence-electron chi connectivity index (χ0n) is 16.1. The molecule has 0 aliphatic rings. The smallest absolute Gasteiger partial charge is 0.335 e. The zero-order valence-corrected chi connectivity index (χ0v) is 16.1. The van der Waals surface area contributed by atoms with Crippen molar-refractivity contribution in [2.45, 2.75) is 45.4 Å². The lowest BCUT2D eigenvalue weighted by atomic mass is 9.81. The highest BCUT2D eigenvalue weighted by Crippen LogP contribution is 2.34. The number of carboxylic acids is 1. The summed E-state index contributed by atoms with van der Waals surface area (Å²) < 4.78 is 5.16. The standard InChI is InChI=1S/C22H27NO4/c1-4-27-22(26)16(3)14-20(18-9-11-23-12-10-18)13-15(2)17-5-7-19(8-6-17)21(24)25/h5-12,15-16,20H,4,13-14H2,1-3H3,(H,24,25). The Morgan fingerprint density at radius 2 is 1.63 bits per heavy atom. The molecule has 5 heteroatoms. The molecule has 3 atom stereocenters. The highest BCUT2D eigenvalue weighted by molar-refractivity contribution is 5.87. The van der Waals surface area contributed by atoms with E-state index >= 15 is 0 Å². The largest absolute Gasteiger partial charge is 0.478 e. The van der Waals surface area contributed by atoms with E-state index in [9.17, 15) is 9.59 Å². The number of aromatic nitrogens is 1. The minimum Gasteiger partial charge on any atom is -0.478 e. The second-order valence-corrected chi connectivity index (χ2v) is 6.93. The Labute approximate surface area is 160 Å². The molecule has 0 radical (unpaired) electrons. The average molecular weight is 369 g/mol. The van der Waals surface area contributed by atoms with Crippen LogP contribution in [0.2, 0.25) is 0 Å². The van der Waals surface area contributed by atoms with Gasteiger partial charge in [0.15, 0.2) is 0 Å². The second-order valence-electron chi connectivity index (χ2n) is 6.93. The third-order valence-corrected chi connectivity index (χ3v) is 4.87. The number of pyridine rings is 1. The van der Waals surface area contributed by atoms with E-state index in [1.807, 2.05) is 38.1 Å². The van der Waals surface area contributed by atoms with E-state index in [2.05, 4.69) is 11.9 Å². The third kappa shape index (κ3) is 5.91. The number of aromatic carboxylic acids is 1. The Morgan fingerprint density at radius 3 is 2.19 bits per heavy atom. The minimum atomic E-state index is -0.924. The molecule has 2 aromatic rings. The van der Waals surface area contributed by atoms with Gasteiger partial charge in [-0.3, -0.25) is 9.78 Å². The van der Waals surface area contributed by atoms with Gasteiger partial charge in [-0.2, -0.15) is 0 Å². The van der Waals surface area contributed by atoms with Crippen molar-refractivity contribution in [1.82, 2.24) is 4.98 Å². The van der Waals surface area contributed by atoms with Crippen LogP contribution in [0.15, 0.2) is 48.8 Å². The number of hydrogen-bond donors (Lipinski definition) is 1. The number of benzene rings is 1. The summed E-state index contributed by atoms with van der Waals surface area (Å²) in [5, 5.41) is 9.05. The van der Waals surface area contributed by atoms with E-state index < -0.39 is 5.97 Å². The summed E-state index contributed by atoms with van der Waals surface area (Å²) in [6.07, 6.45) is 5.08. The maximum Gasteiger partial charge on any atom is 0.335 e. The molecule has 5 nitrogen and oxygen atoms in total. The van der Waals surface area contributed by atoms with Gasteiger partial charge >= 0.3 is 11.9 Å². The summed E-state index contributed by atoms with van der Waals surface area (Å²) in [6, 6.07) is 11.0. The Kier molecular flexibility index (Phi) is 7.53. The van der Waals surface area contributed by atoms with Crippen molar-refractivity contribution in [3.8, 4) is 0 Å². The number of rotatable bonds is 9. The molecule has 27 heavy (non-hydrogen) atoms. The van der Waals surface area contributed by atoms with Gasteiger partial charge in [0, 0.05) is 12.4 Å². The highest BCUT2D eigenvalue weighted by Gasteiger charge is 2.23. The molecule has 0 aliphatic carbocycles. The van der Waals surface area contributed by atoms with Crippen molar-refractivity contribution in [2.24, 2.45) is 5.92 Å². The highest BCUT2D eigenvalue weighted by atomic mass is 16.5. The summed E-state index contributed by atoms with van der Waals surface area (Å²) in [6.45, 7) is 6.22. The number of carbonyl (C=O) groups excluding carboxylic acids is 1. The van der Waals surface area contributed by atoms with Gasteiger partial charge in [0.05, 0.1) is 18.1 Å². The molecule has 1 aromatic carbocycles. The van der Waals surface area contributed by atoms with Gasteiger partial charge in [-0.1, -0.05) is 26.0 Å². The second kappa shape index (κ2) is 9.86. The Balaban J connectivity index is 2.15. The van der Waals surface area contributed by atoms with Crippen LogP contribution in [0, 0.1) is 5.92 Å². The Bertz CT molecular complexity index is 743. The zero-order chi connectivity index (χ0) is 19.8. The van der Waals surface area contributed by atoms with Gasteiger partial charge in [0.2, 0.25) is 0 Å². The van der Waals surface area contributed by atoms with Gasteiger partial charge in [0.1, 0.15) is 0 Å². The first-order valence-electron chi connectivity index (χ1n) is 9.32. The fourth-order valence-corrected chi connectivity index (χ4v) is 3.33. The predicted molar refractivity (Wildman–Crippen MR) is 104 cm³/mol. The topological polar surface area (TPSA) is 76.5 Å². The summed E-state index contributed by atoms with van der Waals surface area (Å²) >= 11 is 0. The summed E-state index contributed by atoms with van der Waals surface area (Å²) in [4.78, 5) is 27.2. The van der Waals surface area contributed by atoms with Crippen molar-refractivity contribution in [3.05, 3.63) is 65.5 Å². The van der Waals surface area contributed by atoms with Gasteiger partial charge < -0.3 is 9.84 Å². The predicted octanol–water partition coefficient (Wildman–Crippen LogP) is 4.65. The van der Waals surface area contributed by atoms with E-state index in [0.717, 1.165) is 17.5 Å². The van der Waals surface area contributed by atoms with Crippen molar-refractivity contribution in [3.63, 3.8) is 0 Å². The van der Waals surface area contributed by atoms with Gasteiger partial charge in [0.25, 0.3) is 0 Å². The fraction of sp³-hybridized carbons (Fsp3) is 0.409. The van der Waals surface area contributed by atoms with E-state index in [1.54, 1.807) is 24.5 Å². The van der Waals surface area contributed by atoms with Crippen LogP contribution < -0.4 is 0 Å². The molecule has 0 fully saturated rings. The summed E-state index contributed by atoms with van der Waals surface area (Å²) in [7, 11) is 0. The molecule has 0 saturated heterocycles. The monoisotopic (exact) mass is 369 g/mol. The number of carbonyl (C=O) groups is 2. The molecule has 0 spiro atoms. The van der Waals surface area contributed by atoms with Crippen LogP contribution in [0.5, 0.6) is 0 Å². The first-order valence-corrected chi connectivity index (χ1v) is 9.32. The van der Waals surface area contributed by atoms with Crippen molar-refractivity contribution in [1.29, 1.82) is 0 Å². The van der Waals surface area contributed by atoms with Crippen LogP contribution in [0.3, 0.4) is 0 Å². The normalized spacial score (nSPS) is 14.2. The molecular formula is C22H27NO4. The fourth-order valence-electron chi connectivity index (χ4n) is 3.33. The van der Waals surface area contributed by atoms with E-state index in [4.69, 9.17) is 9.84 Å². The van der Waals surface area contributed by atoms with Crippen LogP contribution in [0.1, 0.15) is 66.9 Å². The minimum absolute atomic E-state index is 0.171. The Morgan fingerprint density at radius 1 is 1.00 bits per heavy atom. The first kappa shape index (κ1) is 20.6. The van der Waals surface area contributed by atoms with Crippen molar-refractivity contribution < 1.29 is 19.4 Å². The average Bonchev–Trinajstić information content (AvgIpc) is 2.68. The van der Waals surface area contributed by atoms with Gasteiger partial charge in [-0.15, -0.1) is 0 Å². The van der Waals surface area contributed by atoms with Gasteiger partial charge in [-0.25, -0.2) is 4.79 Å². The lowest BCUT2D eigenvalue weighted by Gasteiger charge is -2.24. The lowest BCUT2D eigenvalue weighted by Crippen LogP contribution is -2.18. The number of nitrogens with zero attached hydrogens (tertiary/aromatic N) is 1. The van der Waals surface area contributed by atoms with E-state index in [0.29, 0.717) is 13.0 Å². The quantitative estimate of drug-likeness (QED) is 0.651. The third-order valence-electron chi connectivity index (χ3n) is 4.87. The molecule has 1 heterocycles. The maximum atomic E-state index is 12.1. The van der Waals surface area contributed by atoms with Crippen LogP contribution in [0.25, 0.3) is 0 Å². The maximum absolute atomic E-state index is 12.1. The van der Waals surface area contributed by atoms with Gasteiger partial charge in [-0.05, 0) is 67.0 Å². The summed E-state index contributed by atoms with van der Waals surface area (Å²) in [5.41, 5.74) is 2.52. The Hall–Kier alpha value is -2.69. The van der Waals surface area contributed by atoms with Crippen LogP contribution in [-0.2, 0) is 9.53 Å². The lowest BCUT2D eigenvalue weighted by molar-refractivity contribution is -0.147. The molecule has 0 amide bonds. The molecule has 1 N–H and O–H groups in total. The number of hydrogen-bond acceptors (Lipinski definition) is 4. The number of esters is 1. The van der Waals surface area contributed by atoms with Crippen LogP contribution in [0.4, 0.5) is 0 Å². The van der Waals surface area contributed by atoms with Crippen LogP contribution in [-0.4, -0.2) is 28.6 Å². The van der Waals surface area contributed by atoms with Crippen molar-refractivity contribution in [2.75, 3.05) is 6.61 Å². The summed E-state index contributed by atoms with van der Waals surface area (Å²) in [5.74, 6) is -0.881. The molecule has 1 aromatic heterocycles. The molecule has 3 unspecified atom stereocenters. The SMILES string of the molecule is CCOC(=O)C(C)CC(CC(C)c1ccc(C(=O)O)cc1)c1ccncc1. The van der Waals surface area contributed by atoms with E-state index in [1.165, 1.54) is 0 Å². The van der Waals surface area contributed by atoms with E-state index in [-0.39, 0.29) is 29.3 Å². The molecule has 0 aliphatic heterocycles. The molecule has 144 valence electrons. The number of ether oxygens (including phenoxy) is 1. The molecule has 0 bridgehead atoms. The number of carboxylic acid groups (broad SMARTS) is 1. The molecule has 0 saturated carbocycles.